The molecule has 2 aromatic rings. The molecule has 24 heavy (non-hydrogen) atoms. The van der Waals surface area contributed by atoms with Crippen LogP contribution < -0.4 is 5.32 Å². The van der Waals surface area contributed by atoms with Gasteiger partial charge in [-0.25, -0.2) is 0 Å². The number of rotatable bonds is 7. The Hall–Kier alpha value is -2.38. The number of carbonyl (C=O) groups is 1. The molecular weight excluding hydrogens is 321 g/mol. The molecule has 1 unspecified atom stereocenters. The zero-order valence-corrected chi connectivity index (χ0v) is 13.3. The summed E-state index contributed by atoms with van der Waals surface area (Å²) in [6, 6.07) is 9.38. The molecule has 8 heteroatoms. The zero-order chi connectivity index (χ0) is 17.6. The van der Waals surface area contributed by atoms with Gasteiger partial charge in [0.1, 0.15) is 0 Å². The molecule has 1 aromatic carbocycles. The average Bonchev–Trinajstić information content (AvgIpc) is 2.95. The van der Waals surface area contributed by atoms with Crippen LogP contribution in [0.2, 0.25) is 0 Å². The number of nitrogens with one attached hydrogen (secondary N) is 1. The fourth-order valence-electron chi connectivity index (χ4n) is 2.28. The molecule has 0 bridgehead atoms. The van der Waals surface area contributed by atoms with Gasteiger partial charge in [0.15, 0.2) is 0 Å². The molecule has 1 aromatic heterocycles. The maximum absolute atomic E-state index is 12.2. The van der Waals surface area contributed by atoms with Crippen LogP contribution in [0.4, 0.5) is 13.2 Å². The molecule has 1 atom stereocenters. The van der Waals surface area contributed by atoms with Gasteiger partial charge in [-0.05, 0) is 18.1 Å². The number of para-hydroxylation sites is 1. The first-order chi connectivity index (χ1) is 11.3. The fraction of sp³-hybridized carbons (Fsp3) is 0.438. The Morgan fingerprint density at radius 2 is 2.00 bits per heavy atom. The molecule has 0 aliphatic heterocycles. The van der Waals surface area contributed by atoms with Crippen molar-refractivity contribution in [3.8, 4) is 5.69 Å². The number of nitrogens with zero attached hydrogens (tertiary/aromatic N) is 3. The van der Waals surface area contributed by atoms with Crippen LogP contribution in [-0.4, -0.2) is 33.6 Å². The number of aromatic nitrogens is 3. The molecule has 0 radical (unpaired) electrons. The zero-order valence-electron chi connectivity index (χ0n) is 13.3. The van der Waals surface area contributed by atoms with E-state index in [0.717, 1.165) is 5.69 Å². The predicted octanol–water partition coefficient (Wildman–Crippen LogP) is 2.90. The van der Waals surface area contributed by atoms with Crippen molar-refractivity contribution < 1.29 is 18.0 Å². The smallest absolute Gasteiger partial charge is 0.356 e. The van der Waals surface area contributed by atoms with E-state index in [1.54, 1.807) is 6.20 Å². The van der Waals surface area contributed by atoms with E-state index in [9.17, 15) is 18.0 Å². The van der Waals surface area contributed by atoms with Gasteiger partial charge in [-0.1, -0.05) is 25.1 Å². The first kappa shape index (κ1) is 18.0. The van der Waals surface area contributed by atoms with E-state index in [1.165, 1.54) is 11.7 Å². The summed E-state index contributed by atoms with van der Waals surface area (Å²) in [6.07, 6.45) is -3.27. The quantitative estimate of drug-likeness (QED) is 0.843. The fourth-order valence-corrected chi connectivity index (χ4v) is 2.28. The van der Waals surface area contributed by atoms with Crippen molar-refractivity contribution in [3.63, 3.8) is 0 Å². The van der Waals surface area contributed by atoms with E-state index >= 15 is 0 Å². The third-order valence-electron chi connectivity index (χ3n) is 3.34. The summed E-state index contributed by atoms with van der Waals surface area (Å²) in [5, 5.41) is 11.0. The SMILES string of the molecule is CC(CC(=O)NCCc1cnn(-c2ccccc2)n1)CC(F)(F)F. The van der Waals surface area contributed by atoms with Crippen molar-refractivity contribution in [1.29, 1.82) is 0 Å². The van der Waals surface area contributed by atoms with Gasteiger partial charge < -0.3 is 5.32 Å². The summed E-state index contributed by atoms with van der Waals surface area (Å²) < 4.78 is 36.7. The second-order valence-electron chi connectivity index (χ2n) is 5.69. The molecule has 0 aliphatic carbocycles. The Kier molecular flexibility index (Phi) is 5.94. The van der Waals surface area contributed by atoms with Crippen LogP contribution in [0.25, 0.3) is 5.69 Å². The van der Waals surface area contributed by atoms with E-state index in [1.807, 2.05) is 30.3 Å². The van der Waals surface area contributed by atoms with Crippen molar-refractivity contribution in [2.75, 3.05) is 6.54 Å². The maximum Gasteiger partial charge on any atom is 0.389 e. The van der Waals surface area contributed by atoms with Gasteiger partial charge in [-0.2, -0.15) is 28.2 Å². The summed E-state index contributed by atoms with van der Waals surface area (Å²) >= 11 is 0. The first-order valence-corrected chi connectivity index (χ1v) is 7.63. The standard InChI is InChI=1S/C16H19F3N4O/c1-12(10-16(17,18)19)9-15(24)20-8-7-13-11-21-23(22-13)14-5-3-2-4-6-14/h2-6,11-12H,7-10H2,1H3,(H,20,24). The molecule has 0 spiro atoms. The summed E-state index contributed by atoms with van der Waals surface area (Å²) in [5.74, 6) is -1.12. The highest BCUT2D eigenvalue weighted by atomic mass is 19.4. The number of benzene rings is 1. The van der Waals surface area contributed by atoms with Crippen LogP contribution in [0.3, 0.4) is 0 Å². The molecule has 1 heterocycles. The normalized spacial score (nSPS) is 12.8. The second-order valence-corrected chi connectivity index (χ2v) is 5.69. The predicted molar refractivity (Wildman–Crippen MR) is 82.5 cm³/mol. The van der Waals surface area contributed by atoms with Crippen molar-refractivity contribution in [3.05, 3.63) is 42.2 Å². The van der Waals surface area contributed by atoms with Crippen LogP contribution >= 0.6 is 0 Å². The molecule has 1 amide bonds. The Morgan fingerprint density at radius 3 is 2.67 bits per heavy atom. The van der Waals surface area contributed by atoms with Gasteiger partial charge in [-0.15, -0.1) is 0 Å². The minimum atomic E-state index is -4.24. The molecule has 2 rings (SSSR count). The van der Waals surface area contributed by atoms with Crippen LogP contribution in [0.1, 0.15) is 25.5 Å². The number of hydrogen-bond acceptors (Lipinski definition) is 3. The van der Waals surface area contributed by atoms with Gasteiger partial charge in [0, 0.05) is 25.8 Å². The molecule has 5 nitrogen and oxygen atoms in total. The lowest BCUT2D eigenvalue weighted by Gasteiger charge is -2.13. The largest absolute Gasteiger partial charge is 0.389 e. The van der Waals surface area contributed by atoms with Gasteiger partial charge in [0.05, 0.1) is 17.6 Å². The minimum absolute atomic E-state index is 0.143. The Bertz CT molecular complexity index is 655. The summed E-state index contributed by atoms with van der Waals surface area (Å²) in [7, 11) is 0. The number of carbonyl (C=O) groups excluding carboxylic acids is 1. The summed E-state index contributed by atoms with van der Waals surface area (Å²) in [6.45, 7) is 1.73. The first-order valence-electron chi connectivity index (χ1n) is 7.63. The Balaban J connectivity index is 1.74. The van der Waals surface area contributed by atoms with E-state index < -0.39 is 18.5 Å². The molecule has 0 fully saturated rings. The monoisotopic (exact) mass is 340 g/mol. The lowest BCUT2D eigenvalue weighted by Crippen LogP contribution is -2.28. The number of amides is 1. The van der Waals surface area contributed by atoms with E-state index in [-0.39, 0.29) is 12.3 Å². The molecule has 0 saturated carbocycles. The third kappa shape index (κ3) is 6.02. The van der Waals surface area contributed by atoms with Crippen LogP contribution in [0.15, 0.2) is 36.5 Å². The maximum atomic E-state index is 12.2. The molecular formula is C16H19F3N4O. The third-order valence-corrected chi connectivity index (χ3v) is 3.34. The van der Waals surface area contributed by atoms with Gasteiger partial charge in [-0.3, -0.25) is 4.79 Å². The van der Waals surface area contributed by atoms with Crippen LogP contribution in [-0.2, 0) is 11.2 Å². The van der Waals surface area contributed by atoms with Crippen LogP contribution in [0, 0.1) is 5.92 Å². The highest BCUT2D eigenvalue weighted by molar-refractivity contribution is 5.76. The van der Waals surface area contributed by atoms with Crippen LogP contribution in [0.5, 0.6) is 0 Å². The topological polar surface area (TPSA) is 59.8 Å². The summed E-state index contributed by atoms with van der Waals surface area (Å²) in [5.41, 5.74) is 1.52. The minimum Gasteiger partial charge on any atom is -0.356 e. The van der Waals surface area contributed by atoms with Crippen molar-refractivity contribution in [2.45, 2.75) is 32.4 Å². The highest BCUT2D eigenvalue weighted by Gasteiger charge is 2.30. The van der Waals surface area contributed by atoms with E-state index in [4.69, 9.17) is 0 Å². The second kappa shape index (κ2) is 7.94. The van der Waals surface area contributed by atoms with Gasteiger partial charge >= 0.3 is 6.18 Å². The summed E-state index contributed by atoms with van der Waals surface area (Å²) in [4.78, 5) is 13.1. The molecule has 130 valence electrons. The molecule has 0 saturated heterocycles. The number of hydrogen-bond donors (Lipinski definition) is 1. The number of halogens is 3. The van der Waals surface area contributed by atoms with Crippen molar-refractivity contribution >= 4 is 5.91 Å². The Morgan fingerprint density at radius 1 is 1.29 bits per heavy atom. The lowest BCUT2D eigenvalue weighted by atomic mass is 10.0. The highest BCUT2D eigenvalue weighted by Crippen LogP contribution is 2.26. The molecule has 1 N–H and O–H groups in total. The Labute approximate surface area is 137 Å². The van der Waals surface area contributed by atoms with Gasteiger partial charge in [0.25, 0.3) is 0 Å². The van der Waals surface area contributed by atoms with E-state index in [0.29, 0.717) is 18.7 Å². The van der Waals surface area contributed by atoms with E-state index in [2.05, 4.69) is 15.5 Å². The molecule has 0 aliphatic rings. The van der Waals surface area contributed by atoms with Crippen molar-refractivity contribution in [2.24, 2.45) is 5.92 Å². The lowest BCUT2D eigenvalue weighted by molar-refractivity contribution is -0.145. The number of alkyl halides is 3. The van der Waals surface area contributed by atoms with Crippen molar-refractivity contribution in [1.82, 2.24) is 20.3 Å². The average molecular weight is 340 g/mol. The van der Waals surface area contributed by atoms with Gasteiger partial charge in [0.2, 0.25) is 5.91 Å².